The van der Waals surface area contributed by atoms with Crippen LogP contribution in [0.2, 0.25) is 20.1 Å². The van der Waals surface area contributed by atoms with Crippen LogP contribution in [-0.2, 0) is 0 Å². The first kappa shape index (κ1) is 19.3. The van der Waals surface area contributed by atoms with E-state index in [1.165, 1.54) is 0 Å². The second-order valence-electron chi connectivity index (χ2n) is 6.49. The molecule has 4 rings (SSSR count). The number of H-pyrrole nitrogens is 1. The zero-order valence-corrected chi connectivity index (χ0v) is 17.6. The summed E-state index contributed by atoms with van der Waals surface area (Å²) in [5, 5.41) is 11.2. The van der Waals surface area contributed by atoms with Gasteiger partial charge >= 0.3 is 0 Å². The van der Waals surface area contributed by atoms with E-state index in [0.717, 1.165) is 11.1 Å². The lowest BCUT2D eigenvalue weighted by molar-refractivity contribution is 0.101. The van der Waals surface area contributed by atoms with Gasteiger partial charge in [0.15, 0.2) is 5.88 Å². The van der Waals surface area contributed by atoms with Gasteiger partial charge < -0.3 is 10.1 Å². The van der Waals surface area contributed by atoms with Crippen molar-refractivity contribution >= 4 is 58.0 Å². The molecule has 0 atom stereocenters. The quantitative estimate of drug-likeness (QED) is 0.338. The maximum absolute atomic E-state index is 12.7. The number of aliphatic imine (C=N–C) groups is 1. The Bertz CT molecular complexity index is 1170. The van der Waals surface area contributed by atoms with Crippen molar-refractivity contribution in [3.05, 3.63) is 72.2 Å². The smallest absolute Gasteiger partial charge is 0.280 e. The summed E-state index contributed by atoms with van der Waals surface area (Å²) in [6, 6.07) is 7.54. The van der Waals surface area contributed by atoms with Crippen LogP contribution in [0, 0.1) is 13.8 Å². The highest BCUT2D eigenvalue weighted by Gasteiger charge is 2.36. The molecule has 0 saturated heterocycles. The van der Waals surface area contributed by atoms with E-state index in [1.807, 2.05) is 31.2 Å². The summed E-state index contributed by atoms with van der Waals surface area (Å²) in [5.41, 5.74) is 3.70. The molecular weight excluding hydrogens is 442 g/mol. The summed E-state index contributed by atoms with van der Waals surface area (Å²) < 4.78 is 0. The van der Waals surface area contributed by atoms with Crippen LogP contribution in [0.4, 0.5) is 0 Å². The molecule has 0 fully saturated rings. The third-order valence-corrected chi connectivity index (χ3v) is 6.60. The van der Waals surface area contributed by atoms with Crippen LogP contribution in [-0.4, -0.2) is 21.7 Å². The lowest BCUT2D eigenvalue weighted by Gasteiger charge is -2.13. The Kier molecular flexibility index (Phi) is 4.71. The fourth-order valence-corrected chi connectivity index (χ4v) is 4.35. The van der Waals surface area contributed by atoms with Crippen molar-refractivity contribution in [2.24, 2.45) is 4.99 Å². The molecule has 2 heterocycles. The molecule has 2 aromatic carbocycles. The Hall–Kier alpha value is -1.98. The molecule has 0 radical (unpaired) electrons. The molecule has 1 aliphatic rings. The maximum atomic E-state index is 12.7. The van der Waals surface area contributed by atoms with Crippen LogP contribution in [0.1, 0.15) is 32.6 Å². The second-order valence-corrected chi connectivity index (χ2v) is 8.00. The molecule has 0 unspecified atom stereocenters. The summed E-state index contributed by atoms with van der Waals surface area (Å²) >= 11 is 25.2. The van der Waals surface area contributed by atoms with E-state index < -0.39 is 5.91 Å². The number of aromatic hydroxyl groups is 1. The molecule has 0 saturated carbocycles. The predicted molar refractivity (Wildman–Crippen MR) is 114 cm³/mol. The third kappa shape index (κ3) is 2.75. The Labute approximate surface area is 180 Å². The van der Waals surface area contributed by atoms with Gasteiger partial charge in [-0.2, -0.15) is 0 Å². The first-order valence-electron chi connectivity index (χ1n) is 8.20. The highest BCUT2D eigenvalue weighted by molar-refractivity contribution is 6.53. The lowest BCUT2D eigenvalue weighted by atomic mass is 9.98. The van der Waals surface area contributed by atoms with Crippen molar-refractivity contribution in [1.29, 1.82) is 0 Å². The number of nitrogens with zero attached hydrogens (tertiary/aromatic N) is 1. The zero-order chi connectivity index (χ0) is 20.3. The molecule has 0 spiro atoms. The Morgan fingerprint density at radius 3 is 2.14 bits per heavy atom. The summed E-state index contributed by atoms with van der Waals surface area (Å²) in [4.78, 5) is 19.7. The highest BCUT2D eigenvalue weighted by Crippen LogP contribution is 2.45. The molecule has 8 heteroatoms. The second kappa shape index (κ2) is 6.82. The molecule has 28 heavy (non-hydrogen) atoms. The molecule has 0 bridgehead atoms. The van der Waals surface area contributed by atoms with E-state index in [1.54, 1.807) is 6.92 Å². The largest absolute Gasteiger partial charge is 0.494 e. The van der Waals surface area contributed by atoms with E-state index in [0.29, 0.717) is 11.3 Å². The van der Waals surface area contributed by atoms with Gasteiger partial charge in [-0.25, -0.2) is 4.99 Å². The van der Waals surface area contributed by atoms with Gasteiger partial charge in [-0.1, -0.05) is 76.2 Å². The standard InChI is InChI=1S/C20H12Cl4N2O2/c1-7-3-5-9(6-4-7)17-10-11(20(28)25-17)18(26-19(10)27)12-13(21)8(2)14(22)16(24)15(12)23/h3-6,25,28H,1-2H3. The summed E-state index contributed by atoms with van der Waals surface area (Å²) in [7, 11) is 0. The van der Waals surface area contributed by atoms with Gasteiger partial charge in [0.25, 0.3) is 5.91 Å². The maximum Gasteiger partial charge on any atom is 0.280 e. The zero-order valence-electron chi connectivity index (χ0n) is 14.6. The van der Waals surface area contributed by atoms with Gasteiger partial charge in [0.2, 0.25) is 0 Å². The van der Waals surface area contributed by atoms with Crippen LogP contribution in [0.3, 0.4) is 0 Å². The molecule has 4 nitrogen and oxygen atoms in total. The first-order valence-corrected chi connectivity index (χ1v) is 9.71. The third-order valence-electron chi connectivity index (χ3n) is 4.70. The number of halogens is 4. The summed E-state index contributed by atoms with van der Waals surface area (Å²) in [5.74, 6) is -0.709. The van der Waals surface area contributed by atoms with Crippen LogP contribution in [0.25, 0.3) is 11.3 Å². The van der Waals surface area contributed by atoms with Crippen molar-refractivity contribution in [2.45, 2.75) is 13.8 Å². The molecule has 1 amide bonds. The molecule has 142 valence electrons. The Balaban J connectivity index is 1.97. The van der Waals surface area contributed by atoms with E-state index in [4.69, 9.17) is 46.4 Å². The number of hydrogen-bond acceptors (Lipinski definition) is 2. The van der Waals surface area contributed by atoms with E-state index in [9.17, 15) is 9.90 Å². The number of hydrogen-bond donors (Lipinski definition) is 2. The van der Waals surface area contributed by atoms with Crippen molar-refractivity contribution in [1.82, 2.24) is 4.98 Å². The van der Waals surface area contributed by atoms with E-state index in [-0.39, 0.29) is 48.4 Å². The van der Waals surface area contributed by atoms with Gasteiger partial charge in [0.1, 0.15) is 0 Å². The fraction of sp³-hybridized carbons (Fsp3) is 0.100. The number of carbonyl (C=O) groups excluding carboxylic acids is 1. The Morgan fingerprint density at radius 2 is 1.50 bits per heavy atom. The Morgan fingerprint density at radius 1 is 0.857 bits per heavy atom. The number of benzene rings is 2. The number of aromatic nitrogens is 1. The van der Waals surface area contributed by atoms with Crippen LogP contribution < -0.4 is 0 Å². The van der Waals surface area contributed by atoms with Crippen LogP contribution in [0.15, 0.2) is 29.3 Å². The molecule has 0 aliphatic carbocycles. The normalized spacial score (nSPS) is 13.1. The number of carbonyl (C=O) groups is 1. The highest BCUT2D eigenvalue weighted by atomic mass is 35.5. The van der Waals surface area contributed by atoms with E-state index >= 15 is 0 Å². The predicted octanol–water partition coefficient (Wildman–Crippen LogP) is 6.61. The molecule has 2 N–H and O–H groups in total. The first-order chi connectivity index (χ1) is 13.2. The molecule has 1 aliphatic heterocycles. The average molecular weight is 454 g/mol. The topological polar surface area (TPSA) is 65.4 Å². The van der Waals surface area contributed by atoms with Gasteiger partial charge in [-0.15, -0.1) is 0 Å². The minimum Gasteiger partial charge on any atom is -0.494 e. The van der Waals surface area contributed by atoms with Crippen molar-refractivity contribution in [3.8, 4) is 17.1 Å². The molecule has 1 aromatic heterocycles. The molecular formula is C20H12Cl4N2O2. The fourth-order valence-electron chi connectivity index (χ4n) is 3.22. The van der Waals surface area contributed by atoms with Crippen molar-refractivity contribution in [3.63, 3.8) is 0 Å². The summed E-state index contributed by atoms with van der Waals surface area (Å²) in [6.45, 7) is 3.65. The van der Waals surface area contributed by atoms with Crippen LogP contribution in [0.5, 0.6) is 5.88 Å². The number of nitrogens with one attached hydrogen (secondary N) is 1. The van der Waals surface area contributed by atoms with E-state index in [2.05, 4.69) is 9.98 Å². The van der Waals surface area contributed by atoms with Crippen LogP contribution >= 0.6 is 46.4 Å². The average Bonchev–Trinajstić information content (AvgIpc) is 3.18. The number of aromatic amines is 1. The lowest BCUT2D eigenvalue weighted by Crippen LogP contribution is -2.04. The summed E-state index contributed by atoms with van der Waals surface area (Å²) in [6.07, 6.45) is 0. The number of amides is 1. The van der Waals surface area contributed by atoms with Gasteiger partial charge in [0.05, 0.1) is 42.6 Å². The van der Waals surface area contributed by atoms with Gasteiger partial charge in [-0.3, -0.25) is 4.79 Å². The number of rotatable bonds is 2. The molecule has 3 aromatic rings. The van der Waals surface area contributed by atoms with Gasteiger partial charge in [-0.05, 0) is 25.0 Å². The SMILES string of the molecule is Cc1ccc(-c2[nH]c(O)c3c2C(=O)N=C3c2c(Cl)c(C)c(Cl)c(Cl)c2Cl)cc1. The number of fused-ring (bicyclic) bond motifs is 1. The monoisotopic (exact) mass is 452 g/mol. The van der Waals surface area contributed by atoms with Crippen molar-refractivity contribution < 1.29 is 9.90 Å². The van der Waals surface area contributed by atoms with Gasteiger partial charge in [0, 0.05) is 5.56 Å². The van der Waals surface area contributed by atoms with Crippen molar-refractivity contribution in [2.75, 3.05) is 0 Å². The minimum atomic E-state index is -0.506. The number of aryl methyl sites for hydroxylation is 1. The minimum absolute atomic E-state index is 0.0687.